The van der Waals surface area contributed by atoms with Gasteiger partial charge in [0.15, 0.2) is 0 Å². The predicted octanol–water partition coefficient (Wildman–Crippen LogP) is 2.05. The fraction of sp³-hybridized carbons (Fsp3) is 0.400. The van der Waals surface area contributed by atoms with Gasteiger partial charge in [-0.1, -0.05) is 40.3 Å². The van der Waals surface area contributed by atoms with Crippen LogP contribution in [-0.4, -0.2) is 29.1 Å². The van der Waals surface area contributed by atoms with Gasteiger partial charge in [-0.25, -0.2) is 0 Å². The highest BCUT2D eigenvalue weighted by Crippen LogP contribution is 2.08. The number of aliphatic hydroxyl groups is 1. The van der Waals surface area contributed by atoms with Gasteiger partial charge in [-0.15, -0.1) is 0 Å². The first kappa shape index (κ1) is 15.8. The molecule has 1 rings (SSSR count). The number of alkyl halides is 1. The van der Waals surface area contributed by atoms with E-state index in [4.69, 9.17) is 9.66 Å². The molecule has 16 heavy (non-hydrogen) atoms. The van der Waals surface area contributed by atoms with Crippen LogP contribution in [0, 0.1) is 6.92 Å². The van der Waals surface area contributed by atoms with Crippen molar-refractivity contribution in [3.8, 4) is 0 Å². The van der Waals surface area contributed by atoms with Gasteiger partial charge in [0.05, 0.1) is 4.90 Å². The molecule has 0 bridgehead atoms. The van der Waals surface area contributed by atoms with Crippen LogP contribution in [0.5, 0.6) is 0 Å². The molecule has 0 unspecified atom stereocenters. The van der Waals surface area contributed by atoms with Crippen LogP contribution in [0.1, 0.15) is 12.0 Å². The highest BCUT2D eigenvalue weighted by Gasteiger charge is 2.06. The highest BCUT2D eigenvalue weighted by molar-refractivity contribution is 14.1. The summed E-state index contributed by atoms with van der Waals surface area (Å²) >= 11 is 2.23. The van der Waals surface area contributed by atoms with Crippen molar-refractivity contribution in [1.82, 2.24) is 0 Å². The lowest BCUT2D eigenvalue weighted by atomic mass is 10.2. The zero-order valence-corrected chi connectivity index (χ0v) is 11.9. The molecule has 0 aliphatic heterocycles. The molecular formula is C10H15IO4S. The van der Waals surface area contributed by atoms with Crippen LogP contribution in [0.15, 0.2) is 29.2 Å². The van der Waals surface area contributed by atoms with Crippen LogP contribution >= 0.6 is 22.6 Å². The summed E-state index contributed by atoms with van der Waals surface area (Å²) in [5.74, 6) is 0. The summed E-state index contributed by atoms with van der Waals surface area (Å²) in [7, 11) is -4.02. The topological polar surface area (TPSA) is 74.6 Å². The highest BCUT2D eigenvalue weighted by atomic mass is 127. The van der Waals surface area contributed by atoms with E-state index in [1.165, 1.54) is 12.1 Å². The first-order valence-corrected chi connectivity index (χ1v) is 7.59. The normalized spacial score (nSPS) is 10.5. The van der Waals surface area contributed by atoms with Gasteiger partial charge in [-0.05, 0) is 25.5 Å². The van der Waals surface area contributed by atoms with Gasteiger partial charge in [0.2, 0.25) is 0 Å². The van der Waals surface area contributed by atoms with Crippen molar-refractivity contribution in [1.29, 1.82) is 0 Å². The molecule has 0 aliphatic rings. The molecule has 0 aromatic heterocycles. The number of hydrogen-bond acceptors (Lipinski definition) is 3. The van der Waals surface area contributed by atoms with Gasteiger partial charge in [0.1, 0.15) is 0 Å². The maximum atomic E-state index is 10.5. The minimum absolute atomic E-state index is 0.0666. The number of benzene rings is 1. The lowest BCUT2D eigenvalue weighted by molar-refractivity contribution is 0.297. The molecule has 0 heterocycles. The molecule has 92 valence electrons. The van der Waals surface area contributed by atoms with E-state index in [0.717, 1.165) is 16.4 Å². The van der Waals surface area contributed by atoms with Gasteiger partial charge in [-0.2, -0.15) is 8.42 Å². The summed E-state index contributed by atoms with van der Waals surface area (Å²) < 4.78 is 30.6. The summed E-state index contributed by atoms with van der Waals surface area (Å²) in [6, 6.07) is 5.99. The second-order valence-corrected chi connectivity index (χ2v) is 5.55. The molecule has 0 aliphatic carbocycles. The maximum Gasteiger partial charge on any atom is 0.294 e. The molecule has 1 aromatic rings. The van der Waals surface area contributed by atoms with Crippen LogP contribution in [0.2, 0.25) is 0 Å². The number of aryl methyl sites for hydroxylation is 1. The molecule has 0 spiro atoms. The number of aliphatic hydroxyl groups excluding tert-OH is 1. The molecule has 6 heteroatoms. The zero-order chi connectivity index (χ0) is 12.6. The van der Waals surface area contributed by atoms with Crippen molar-refractivity contribution < 1.29 is 18.1 Å². The smallest absolute Gasteiger partial charge is 0.294 e. The van der Waals surface area contributed by atoms with E-state index in [2.05, 4.69) is 22.6 Å². The molecular weight excluding hydrogens is 343 g/mol. The molecule has 0 radical (unpaired) electrons. The quantitative estimate of drug-likeness (QED) is 0.493. The Morgan fingerprint density at radius 1 is 1.25 bits per heavy atom. The van der Waals surface area contributed by atoms with Crippen molar-refractivity contribution in [2.75, 3.05) is 11.0 Å². The second-order valence-electron chi connectivity index (χ2n) is 3.05. The van der Waals surface area contributed by atoms with Gasteiger partial charge in [0, 0.05) is 11.0 Å². The zero-order valence-electron chi connectivity index (χ0n) is 8.93. The minimum atomic E-state index is -4.02. The van der Waals surface area contributed by atoms with Gasteiger partial charge in [0.25, 0.3) is 10.1 Å². The molecule has 0 atom stereocenters. The molecule has 4 nitrogen and oxygen atoms in total. The Labute approximate surface area is 110 Å². The lowest BCUT2D eigenvalue weighted by Crippen LogP contribution is -1.96. The van der Waals surface area contributed by atoms with Crippen LogP contribution < -0.4 is 0 Å². The van der Waals surface area contributed by atoms with Crippen molar-refractivity contribution in [2.24, 2.45) is 0 Å². The van der Waals surface area contributed by atoms with E-state index in [-0.39, 0.29) is 4.90 Å². The van der Waals surface area contributed by atoms with E-state index in [1.807, 2.05) is 6.92 Å². The molecule has 2 N–H and O–H groups in total. The Hall–Kier alpha value is -0.180. The summed E-state index contributed by atoms with van der Waals surface area (Å²) in [5.41, 5.74) is 0.956. The average Bonchev–Trinajstić information content (AvgIpc) is 2.19. The van der Waals surface area contributed by atoms with Crippen molar-refractivity contribution in [3.05, 3.63) is 29.8 Å². The van der Waals surface area contributed by atoms with E-state index < -0.39 is 10.1 Å². The summed E-state index contributed by atoms with van der Waals surface area (Å²) in [5, 5.41) is 8.06. The Balaban J connectivity index is 0.000000385. The third kappa shape index (κ3) is 7.15. The van der Waals surface area contributed by atoms with Crippen molar-refractivity contribution >= 4 is 32.7 Å². The Morgan fingerprint density at radius 3 is 2.00 bits per heavy atom. The monoisotopic (exact) mass is 358 g/mol. The van der Waals surface area contributed by atoms with Gasteiger partial charge >= 0.3 is 0 Å². The van der Waals surface area contributed by atoms with E-state index in [1.54, 1.807) is 12.1 Å². The summed E-state index contributed by atoms with van der Waals surface area (Å²) in [6.07, 6.45) is 0.931. The molecule has 0 fully saturated rings. The Morgan fingerprint density at radius 2 is 1.75 bits per heavy atom. The van der Waals surface area contributed by atoms with Crippen molar-refractivity contribution in [3.63, 3.8) is 0 Å². The standard InChI is InChI=1S/C7H8O3S.C3H7IO/c1-6-2-4-7(5-3-6)11(8,9)10;4-2-1-3-5/h2-5H,1H3,(H,8,9,10);5H,1-3H2. The van der Waals surface area contributed by atoms with Gasteiger partial charge < -0.3 is 5.11 Å². The van der Waals surface area contributed by atoms with E-state index >= 15 is 0 Å². The van der Waals surface area contributed by atoms with Crippen LogP contribution in [0.3, 0.4) is 0 Å². The Bertz CT molecular complexity index is 384. The van der Waals surface area contributed by atoms with Gasteiger partial charge in [-0.3, -0.25) is 4.55 Å². The maximum absolute atomic E-state index is 10.5. The molecule has 0 saturated carbocycles. The first-order valence-electron chi connectivity index (χ1n) is 4.62. The largest absolute Gasteiger partial charge is 0.396 e. The number of hydrogen-bond donors (Lipinski definition) is 2. The number of halogens is 1. The second kappa shape index (κ2) is 7.99. The lowest BCUT2D eigenvalue weighted by Gasteiger charge is -1.95. The van der Waals surface area contributed by atoms with Crippen LogP contribution in [0.25, 0.3) is 0 Å². The molecule has 0 saturated heterocycles. The molecule has 1 aromatic carbocycles. The van der Waals surface area contributed by atoms with Crippen molar-refractivity contribution in [2.45, 2.75) is 18.2 Å². The number of rotatable bonds is 3. The Kier molecular flexibility index (Phi) is 7.90. The third-order valence-corrected chi connectivity index (χ3v) is 3.24. The molecule has 0 amide bonds. The average molecular weight is 358 g/mol. The third-order valence-electron chi connectivity index (χ3n) is 1.61. The van der Waals surface area contributed by atoms with E-state index in [0.29, 0.717) is 6.61 Å². The first-order chi connectivity index (χ1) is 7.41. The predicted molar refractivity (Wildman–Crippen MR) is 71.6 cm³/mol. The SMILES string of the molecule is Cc1ccc(S(=O)(=O)O)cc1.OCCCI. The van der Waals surface area contributed by atoms with E-state index in [9.17, 15) is 8.42 Å². The van der Waals surface area contributed by atoms with Crippen LogP contribution in [0.4, 0.5) is 0 Å². The fourth-order valence-corrected chi connectivity index (χ4v) is 1.59. The summed E-state index contributed by atoms with van der Waals surface area (Å²) in [6.45, 7) is 2.18. The fourth-order valence-electron chi connectivity index (χ4n) is 0.770. The minimum Gasteiger partial charge on any atom is -0.396 e. The van der Waals surface area contributed by atoms with Crippen LogP contribution in [-0.2, 0) is 10.1 Å². The summed E-state index contributed by atoms with van der Waals surface area (Å²) in [4.78, 5) is -0.0666.